The number of hydrogen-bond donors (Lipinski definition) is 1. The summed E-state index contributed by atoms with van der Waals surface area (Å²) in [6.45, 7) is 2.45. The number of benzene rings is 2. The maximum atomic E-state index is 12.0. The topological polar surface area (TPSA) is 63.6 Å². The Morgan fingerprint density at radius 2 is 2.19 bits per heavy atom. The van der Waals surface area contributed by atoms with Crippen molar-refractivity contribution in [1.29, 1.82) is 0 Å². The van der Waals surface area contributed by atoms with E-state index in [1.807, 2.05) is 43.3 Å². The van der Waals surface area contributed by atoms with Crippen molar-refractivity contribution in [3.8, 4) is 5.75 Å². The maximum absolute atomic E-state index is 12.0. The van der Waals surface area contributed by atoms with Gasteiger partial charge in [0.15, 0.2) is 4.34 Å². The van der Waals surface area contributed by atoms with E-state index in [2.05, 4.69) is 47.4 Å². The second kappa shape index (κ2) is 9.68. The highest BCUT2D eigenvalue weighted by molar-refractivity contribution is 9.11. The minimum atomic E-state index is -0.192. The summed E-state index contributed by atoms with van der Waals surface area (Å²) in [5.74, 6) is 0.738. The zero-order chi connectivity index (χ0) is 19.2. The van der Waals surface area contributed by atoms with Gasteiger partial charge in [-0.15, -0.1) is 11.3 Å². The van der Waals surface area contributed by atoms with Crippen molar-refractivity contribution in [2.45, 2.75) is 11.3 Å². The molecule has 0 aliphatic heterocycles. The van der Waals surface area contributed by atoms with Gasteiger partial charge in [0, 0.05) is 10.0 Å². The number of amides is 1. The van der Waals surface area contributed by atoms with Gasteiger partial charge in [0.1, 0.15) is 5.75 Å². The van der Waals surface area contributed by atoms with Crippen molar-refractivity contribution in [2.75, 3.05) is 12.4 Å². The second-order valence-electron chi connectivity index (χ2n) is 5.27. The molecular weight excluding hydrogens is 514 g/mol. The molecule has 0 spiro atoms. The van der Waals surface area contributed by atoms with Crippen LogP contribution >= 0.6 is 55.0 Å². The number of para-hydroxylation sites is 1. The third-order valence-electron chi connectivity index (χ3n) is 3.32. The lowest BCUT2D eigenvalue weighted by atomic mass is 10.2. The van der Waals surface area contributed by atoms with Gasteiger partial charge in [-0.3, -0.25) is 4.79 Å². The van der Waals surface area contributed by atoms with E-state index in [4.69, 9.17) is 4.74 Å². The predicted molar refractivity (Wildman–Crippen MR) is 119 cm³/mol. The van der Waals surface area contributed by atoms with Crippen LogP contribution in [0.15, 0.2) is 54.8 Å². The van der Waals surface area contributed by atoms with Gasteiger partial charge in [0.2, 0.25) is 0 Å². The Kier molecular flexibility index (Phi) is 7.28. The van der Waals surface area contributed by atoms with E-state index in [1.54, 1.807) is 17.6 Å². The molecule has 2 aromatic carbocycles. The Labute approximate surface area is 181 Å². The van der Waals surface area contributed by atoms with E-state index in [0.29, 0.717) is 12.4 Å². The smallest absolute Gasteiger partial charge is 0.250 e. The van der Waals surface area contributed by atoms with Crippen LogP contribution in [0, 0.1) is 0 Å². The van der Waals surface area contributed by atoms with E-state index in [9.17, 15) is 4.79 Å². The van der Waals surface area contributed by atoms with Crippen molar-refractivity contribution in [1.82, 2.24) is 10.4 Å². The molecule has 0 aliphatic carbocycles. The lowest BCUT2D eigenvalue weighted by Gasteiger charge is -2.10. The number of thioether (sulfide) groups is 1. The Hall–Kier alpha value is -1.42. The third kappa shape index (κ3) is 5.54. The summed E-state index contributed by atoms with van der Waals surface area (Å²) in [6.07, 6.45) is 1.57. The van der Waals surface area contributed by atoms with Crippen molar-refractivity contribution in [3.05, 3.63) is 50.9 Å². The first-order valence-corrected chi connectivity index (χ1v) is 11.4. The molecule has 0 saturated carbocycles. The molecule has 5 nitrogen and oxygen atoms in total. The van der Waals surface area contributed by atoms with Gasteiger partial charge in [-0.2, -0.15) is 5.10 Å². The molecule has 1 aromatic heterocycles. The highest BCUT2D eigenvalue weighted by Gasteiger charge is 2.09. The van der Waals surface area contributed by atoms with Crippen molar-refractivity contribution >= 4 is 77.3 Å². The molecule has 0 bridgehead atoms. The monoisotopic (exact) mass is 527 g/mol. The summed E-state index contributed by atoms with van der Waals surface area (Å²) in [6, 6.07) is 11.7. The fourth-order valence-corrected chi connectivity index (χ4v) is 5.45. The predicted octanol–water partition coefficient (Wildman–Crippen LogP) is 5.46. The number of halogens is 2. The summed E-state index contributed by atoms with van der Waals surface area (Å²) < 4.78 is 9.31. The Morgan fingerprint density at radius 3 is 2.96 bits per heavy atom. The van der Waals surface area contributed by atoms with Gasteiger partial charge in [0.25, 0.3) is 5.91 Å². The Balaban J connectivity index is 1.58. The number of carbonyl (C=O) groups excluding carboxylic acids is 1. The largest absolute Gasteiger partial charge is 0.492 e. The quantitative estimate of drug-likeness (QED) is 0.251. The van der Waals surface area contributed by atoms with Gasteiger partial charge >= 0.3 is 0 Å². The van der Waals surface area contributed by atoms with Crippen molar-refractivity contribution in [2.24, 2.45) is 5.10 Å². The molecule has 1 heterocycles. The summed E-state index contributed by atoms with van der Waals surface area (Å²) in [5.41, 5.74) is 4.26. The highest BCUT2D eigenvalue weighted by Crippen LogP contribution is 2.32. The Bertz CT molecular complexity index is 959. The molecule has 1 amide bonds. The van der Waals surface area contributed by atoms with Gasteiger partial charge < -0.3 is 4.74 Å². The van der Waals surface area contributed by atoms with Gasteiger partial charge in [-0.05, 0) is 47.1 Å². The van der Waals surface area contributed by atoms with Crippen LogP contribution in [-0.4, -0.2) is 29.5 Å². The van der Waals surface area contributed by atoms with Gasteiger partial charge in [0.05, 0.1) is 33.3 Å². The first kappa shape index (κ1) is 20.3. The average molecular weight is 529 g/mol. The minimum absolute atomic E-state index is 0.192. The molecule has 3 rings (SSSR count). The van der Waals surface area contributed by atoms with Crippen LogP contribution in [0.2, 0.25) is 0 Å². The molecule has 0 saturated heterocycles. The number of fused-ring (bicyclic) bond motifs is 1. The van der Waals surface area contributed by atoms with Crippen molar-refractivity contribution < 1.29 is 9.53 Å². The number of thiazole rings is 1. The fraction of sp³-hybridized carbons (Fsp3) is 0.167. The number of nitrogens with one attached hydrogen (secondary N) is 1. The molecular formula is C18H15Br2N3O2S2. The number of nitrogens with zero attached hydrogens (tertiary/aromatic N) is 2. The SMILES string of the molecule is CCOc1c(Br)cc(Br)cc1/C=N\NC(=O)CSc1nc2ccccc2s1. The molecule has 27 heavy (non-hydrogen) atoms. The normalized spacial score (nSPS) is 11.2. The lowest BCUT2D eigenvalue weighted by molar-refractivity contribution is -0.118. The van der Waals surface area contributed by atoms with Crippen LogP contribution in [0.3, 0.4) is 0 Å². The molecule has 0 fully saturated rings. The fourth-order valence-electron chi connectivity index (χ4n) is 2.22. The van der Waals surface area contributed by atoms with Crippen molar-refractivity contribution in [3.63, 3.8) is 0 Å². The van der Waals surface area contributed by atoms with Crippen LogP contribution in [0.5, 0.6) is 5.75 Å². The number of rotatable bonds is 7. The molecule has 0 atom stereocenters. The summed E-state index contributed by atoms with van der Waals surface area (Å²) >= 11 is 9.89. The van der Waals surface area contributed by atoms with Gasteiger partial charge in [-0.1, -0.05) is 39.8 Å². The molecule has 0 aliphatic rings. The minimum Gasteiger partial charge on any atom is -0.492 e. The average Bonchev–Trinajstić information content (AvgIpc) is 3.06. The summed E-state index contributed by atoms with van der Waals surface area (Å²) in [7, 11) is 0. The third-order valence-corrected chi connectivity index (χ3v) is 6.55. The standard InChI is InChI=1S/C18H15Br2N3O2S2/c1-2-25-17-11(7-12(19)8-13(17)20)9-21-23-16(24)10-26-18-22-14-5-3-4-6-15(14)27-18/h3-9H,2,10H2,1H3,(H,23,24)/b21-9-. The van der Waals surface area contributed by atoms with E-state index < -0.39 is 0 Å². The summed E-state index contributed by atoms with van der Waals surface area (Å²) in [5, 5.41) is 4.05. The molecule has 9 heteroatoms. The first-order valence-electron chi connectivity index (χ1n) is 7.99. The molecule has 0 unspecified atom stereocenters. The van der Waals surface area contributed by atoms with E-state index in [1.165, 1.54) is 11.8 Å². The summed E-state index contributed by atoms with van der Waals surface area (Å²) in [4.78, 5) is 16.5. The van der Waals surface area contributed by atoms with E-state index in [0.717, 1.165) is 29.1 Å². The van der Waals surface area contributed by atoms with Crippen LogP contribution in [-0.2, 0) is 4.79 Å². The molecule has 1 N–H and O–H groups in total. The van der Waals surface area contributed by atoms with Crippen LogP contribution in [0.4, 0.5) is 0 Å². The number of carbonyl (C=O) groups is 1. The highest BCUT2D eigenvalue weighted by atomic mass is 79.9. The number of aromatic nitrogens is 1. The molecule has 0 radical (unpaired) electrons. The van der Waals surface area contributed by atoms with E-state index in [-0.39, 0.29) is 11.7 Å². The zero-order valence-corrected chi connectivity index (χ0v) is 19.0. The van der Waals surface area contributed by atoms with Crippen LogP contribution < -0.4 is 10.2 Å². The molecule has 140 valence electrons. The Morgan fingerprint density at radius 1 is 1.37 bits per heavy atom. The zero-order valence-electron chi connectivity index (χ0n) is 14.2. The number of hydrazone groups is 1. The van der Waals surface area contributed by atoms with Crippen LogP contribution in [0.25, 0.3) is 10.2 Å². The molecule has 3 aromatic rings. The first-order chi connectivity index (χ1) is 13.1. The maximum Gasteiger partial charge on any atom is 0.250 e. The number of hydrogen-bond acceptors (Lipinski definition) is 6. The van der Waals surface area contributed by atoms with E-state index >= 15 is 0 Å². The van der Waals surface area contributed by atoms with Gasteiger partial charge in [-0.25, -0.2) is 10.4 Å². The number of ether oxygens (including phenoxy) is 1. The lowest BCUT2D eigenvalue weighted by Crippen LogP contribution is -2.19. The second-order valence-corrected chi connectivity index (χ2v) is 9.29. The van der Waals surface area contributed by atoms with Crippen LogP contribution in [0.1, 0.15) is 12.5 Å².